The van der Waals surface area contributed by atoms with Crippen molar-refractivity contribution in [2.45, 2.75) is 13.8 Å². The van der Waals surface area contributed by atoms with Crippen LogP contribution in [0.15, 0.2) is 18.2 Å². The van der Waals surface area contributed by atoms with Crippen molar-refractivity contribution in [2.75, 3.05) is 12.4 Å². The first-order valence-electron chi connectivity index (χ1n) is 5.46. The number of hydrogen-bond donors (Lipinski definition) is 1. The largest absolute Gasteiger partial charge is 0.490 e. The van der Waals surface area contributed by atoms with Gasteiger partial charge in [0.1, 0.15) is 0 Å². The molecule has 0 spiro atoms. The third-order valence-electron chi connectivity index (χ3n) is 2.27. The molecule has 0 fully saturated rings. The lowest BCUT2D eigenvalue weighted by atomic mass is 9.98. The van der Waals surface area contributed by atoms with E-state index in [-0.39, 0.29) is 23.7 Å². The number of ether oxygens (including phenoxy) is 1. The van der Waals surface area contributed by atoms with Gasteiger partial charge >= 0.3 is 0 Å². The normalized spacial score (nSPS) is 11.9. The van der Waals surface area contributed by atoms with E-state index in [4.69, 9.17) is 15.1 Å². The highest BCUT2D eigenvalue weighted by atomic mass is 32.2. The van der Waals surface area contributed by atoms with Gasteiger partial charge in [0, 0.05) is 5.41 Å². The molecular weight excluding hydrogens is 271 g/mol. The smallest absolute Gasteiger partial charge is 0.209 e. The summed E-state index contributed by atoms with van der Waals surface area (Å²) in [5, 5.41) is 13.6. The number of halogens is 1. The van der Waals surface area contributed by atoms with Crippen LogP contribution in [-0.4, -0.2) is 20.8 Å². The topological polar surface area (TPSA) is 93.2 Å². The minimum Gasteiger partial charge on any atom is -0.490 e. The lowest BCUT2D eigenvalue weighted by Crippen LogP contribution is -2.33. The number of hydrogen-bond acceptors (Lipinski definition) is 4. The van der Waals surface area contributed by atoms with Gasteiger partial charge in [0.2, 0.25) is 10.0 Å². The monoisotopic (exact) mass is 286 g/mol. The van der Waals surface area contributed by atoms with Crippen molar-refractivity contribution < 1.29 is 17.5 Å². The summed E-state index contributed by atoms with van der Waals surface area (Å²) < 4.78 is 40.8. The van der Waals surface area contributed by atoms with Gasteiger partial charge in [-0.15, -0.1) is 0 Å². The van der Waals surface area contributed by atoms with Crippen molar-refractivity contribution in [3.05, 3.63) is 29.6 Å². The molecule has 1 aromatic rings. The zero-order valence-corrected chi connectivity index (χ0v) is 11.5. The zero-order chi connectivity index (χ0) is 14.7. The molecule has 104 valence electrons. The number of benzene rings is 1. The molecule has 0 amide bonds. The second-order valence-corrected chi connectivity index (χ2v) is 6.63. The summed E-state index contributed by atoms with van der Waals surface area (Å²) in [6.45, 7) is 3.30. The van der Waals surface area contributed by atoms with E-state index in [9.17, 15) is 12.8 Å². The van der Waals surface area contributed by atoms with Gasteiger partial charge < -0.3 is 4.74 Å². The minimum atomic E-state index is -3.62. The van der Waals surface area contributed by atoms with Gasteiger partial charge in [0.05, 0.1) is 24.0 Å². The van der Waals surface area contributed by atoms with E-state index in [2.05, 4.69) is 0 Å². The van der Waals surface area contributed by atoms with Crippen LogP contribution in [0.25, 0.3) is 0 Å². The molecule has 0 radical (unpaired) electrons. The fraction of sp³-hybridized carbons (Fsp3) is 0.417. The number of nitrogens with two attached hydrogens (primary N) is 1. The van der Waals surface area contributed by atoms with Gasteiger partial charge in [-0.3, -0.25) is 0 Å². The average Bonchev–Trinajstić information content (AvgIpc) is 2.24. The van der Waals surface area contributed by atoms with Crippen molar-refractivity contribution in [3.63, 3.8) is 0 Å². The molecule has 7 heteroatoms. The summed E-state index contributed by atoms with van der Waals surface area (Å²) >= 11 is 0. The molecule has 0 saturated carbocycles. The summed E-state index contributed by atoms with van der Waals surface area (Å²) in [5.41, 5.74) is -0.554. The van der Waals surface area contributed by atoms with Crippen LogP contribution >= 0.6 is 0 Å². The van der Waals surface area contributed by atoms with Gasteiger partial charge in [-0.25, -0.2) is 17.9 Å². The highest BCUT2D eigenvalue weighted by Crippen LogP contribution is 2.23. The molecule has 2 N–H and O–H groups in total. The predicted octanol–water partition coefficient (Wildman–Crippen LogP) is 1.39. The van der Waals surface area contributed by atoms with E-state index in [1.165, 1.54) is 12.1 Å². The lowest BCUT2D eigenvalue weighted by molar-refractivity contribution is 0.193. The standard InChI is InChI=1S/C12H15FN2O3S/c1-12(2,8-19(15,16)17)7-18-11-4-3-9(6-14)5-10(11)13/h3-5H,7-8H2,1-2H3,(H2,15,16,17). The van der Waals surface area contributed by atoms with Crippen LogP contribution in [0.4, 0.5) is 4.39 Å². The van der Waals surface area contributed by atoms with Crippen LogP contribution in [0.5, 0.6) is 5.75 Å². The summed E-state index contributed by atoms with van der Waals surface area (Å²) in [7, 11) is -3.62. The first-order valence-corrected chi connectivity index (χ1v) is 7.17. The van der Waals surface area contributed by atoms with Crippen LogP contribution < -0.4 is 9.88 Å². The van der Waals surface area contributed by atoms with Gasteiger partial charge in [-0.2, -0.15) is 5.26 Å². The minimum absolute atomic E-state index is 0.00769. The quantitative estimate of drug-likeness (QED) is 0.885. The maximum absolute atomic E-state index is 13.5. The van der Waals surface area contributed by atoms with E-state index in [1.54, 1.807) is 13.8 Å². The number of nitrogens with zero attached hydrogens (tertiary/aromatic N) is 1. The third kappa shape index (κ3) is 5.24. The Morgan fingerprint density at radius 2 is 2.11 bits per heavy atom. The Balaban J connectivity index is 2.75. The highest BCUT2D eigenvalue weighted by molar-refractivity contribution is 7.89. The van der Waals surface area contributed by atoms with E-state index >= 15 is 0 Å². The molecule has 0 aliphatic carbocycles. The van der Waals surface area contributed by atoms with Gasteiger partial charge in [0.15, 0.2) is 11.6 Å². The van der Waals surface area contributed by atoms with Gasteiger partial charge in [0.25, 0.3) is 0 Å². The first kappa shape index (κ1) is 15.4. The molecule has 1 aromatic carbocycles. The van der Waals surface area contributed by atoms with E-state index in [0.717, 1.165) is 6.07 Å². The van der Waals surface area contributed by atoms with Crippen LogP contribution in [0.1, 0.15) is 19.4 Å². The fourth-order valence-corrected chi connectivity index (χ4v) is 2.72. The van der Waals surface area contributed by atoms with Crippen molar-refractivity contribution >= 4 is 10.0 Å². The van der Waals surface area contributed by atoms with E-state index < -0.39 is 21.3 Å². The highest BCUT2D eigenvalue weighted by Gasteiger charge is 2.25. The molecule has 0 bridgehead atoms. The van der Waals surface area contributed by atoms with Crippen molar-refractivity contribution in [1.82, 2.24) is 0 Å². The summed E-state index contributed by atoms with van der Waals surface area (Å²) in [4.78, 5) is 0. The van der Waals surface area contributed by atoms with Crippen molar-refractivity contribution in [2.24, 2.45) is 10.6 Å². The predicted molar refractivity (Wildman–Crippen MR) is 68.4 cm³/mol. The van der Waals surface area contributed by atoms with Crippen LogP contribution in [0.2, 0.25) is 0 Å². The van der Waals surface area contributed by atoms with Crippen molar-refractivity contribution in [3.8, 4) is 11.8 Å². The van der Waals surface area contributed by atoms with Crippen LogP contribution in [0.3, 0.4) is 0 Å². The molecule has 0 aliphatic heterocycles. The average molecular weight is 286 g/mol. The molecule has 0 heterocycles. The SMILES string of the molecule is CC(C)(COc1ccc(C#N)cc1F)CS(N)(=O)=O. The van der Waals surface area contributed by atoms with Gasteiger partial charge in [-0.05, 0) is 18.2 Å². The van der Waals surface area contributed by atoms with E-state index in [1.807, 2.05) is 6.07 Å². The summed E-state index contributed by atoms with van der Waals surface area (Å²) in [6.07, 6.45) is 0. The molecular formula is C12H15FN2O3S. The molecule has 19 heavy (non-hydrogen) atoms. The Kier molecular flexibility index (Phi) is 4.50. The van der Waals surface area contributed by atoms with Gasteiger partial charge in [-0.1, -0.05) is 13.8 Å². The second kappa shape index (κ2) is 5.55. The third-order valence-corrected chi connectivity index (χ3v) is 3.46. The molecule has 1 rings (SSSR count). The Morgan fingerprint density at radius 3 is 2.58 bits per heavy atom. The molecule has 0 unspecified atom stereocenters. The Bertz CT molecular complexity index is 606. The Hall–Kier alpha value is -1.65. The number of nitriles is 1. The second-order valence-electron chi connectivity index (χ2n) is 5.02. The van der Waals surface area contributed by atoms with Crippen molar-refractivity contribution in [1.29, 1.82) is 5.26 Å². The zero-order valence-electron chi connectivity index (χ0n) is 10.7. The first-order chi connectivity index (χ1) is 8.63. The molecule has 5 nitrogen and oxygen atoms in total. The number of primary sulfonamides is 1. The Morgan fingerprint density at radius 1 is 1.47 bits per heavy atom. The maximum atomic E-state index is 13.5. The van der Waals surface area contributed by atoms with Crippen LogP contribution in [0, 0.1) is 22.6 Å². The molecule has 0 aliphatic rings. The lowest BCUT2D eigenvalue weighted by Gasteiger charge is -2.23. The van der Waals surface area contributed by atoms with Crippen LogP contribution in [-0.2, 0) is 10.0 Å². The fourth-order valence-electron chi connectivity index (χ4n) is 1.55. The molecule has 0 aromatic heterocycles. The molecule has 0 saturated heterocycles. The summed E-state index contributed by atoms with van der Waals surface area (Å²) in [5.74, 6) is -0.954. The number of sulfonamides is 1. The summed E-state index contributed by atoms with van der Waals surface area (Å²) in [6, 6.07) is 5.62. The van der Waals surface area contributed by atoms with E-state index in [0.29, 0.717) is 0 Å². The number of rotatable bonds is 5. The Labute approximate surface area is 111 Å². The molecule has 0 atom stereocenters. The maximum Gasteiger partial charge on any atom is 0.209 e.